The van der Waals surface area contributed by atoms with Crippen LogP contribution < -0.4 is 0 Å². The lowest BCUT2D eigenvalue weighted by Crippen LogP contribution is -1.96. The summed E-state index contributed by atoms with van der Waals surface area (Å²) in [6.45, 7) is 3.09. The molecule has 0 aliphatic carbocycles. The third-order valence-corrected chi connectivity index (χ3v) is 2.11. The van der Waals surface area contributed by atoms with Crippen molar-refractivity contribution in [2.75, 3.05) is 0 Å². The molecule has 14 heavy (non-hydrogen) atoms. The number of rotatable bonds is 1. The van der Waals surface area contributed by atoms with Gasteiger partial charge in [0.1, 0.15) is 17.2 Å². The van der Waals surface area contributed by atoms with Crippen LogP contribution >= 0.6 is 0 Å². The Morgan fingerprint density at radius 3 is 2.79 bits per heavy atom. The molecule has 0 N–H and O–H groups in total. The Balaban J connectivity index is 2.88. The van der Waals surface area contributed by atoms with Crippen LogP contribution in [0.2, 0.25) is 0 Å². The maximum absolute atomic E-state index is 13.3. The second kappa shape index (κ2) is 2.94. The predicted octanol–water partition coefficient (Wildman–Crippen LogP) is 3.08. The van der Waals surface area contributed by atoms with E-state index in [1.165, 1.54) is 13.0 Å². The summed E-state index contributed by atoms with van der Waals surface area (Å²) >= 11 is 0. The fourth-order valence-electron chi connectivity index (χ4n) is 1.54. The summed E-state index contributed by atoms with van der Waals surface area (Å²) in [6, 6.07) is 4.67. The Morgan fingerprint density at radius 2 is 2.14 bits per heavy atom. The number of carbonyl (C=O) groups excluding carboxylic acids is 1. The molecule has 2 nitrogen and oxygen atoms in total. The van der Waals surface area contributed by atoms with Crippen molar-refractivity contribution in [3.05, 3.63) is 35.3 Å². The van der Waals surface area contributed by atoms with E-state index in [0.29, 0.717) is 11.3 Å². The van der Waals surface area contributed by atoms with Crippen LogP contribution in [0.5, 0.6) is 0 Å². The van der Waals surface area contributed by atoms with E-state index >= 15 is 0 Å². The van der Waals surface area contributed by atoms with Gasteiger partial charge in [-0.2, -0.15) is 0 Å². The summed E-state index contributed by atoms with van der Waals surface area (Å²) in [5.74, 6) is -0.171. The van der Waals surface area contributed by atoms with Crippen molar-refractivity contribution in [1.29, 1.82) is 0 Å². The number of hydrogen-bond acceptors (Lipinski definition) is 2. The number of aryl methyl sites for hydroxylation is 1. The van der Waals surface area contributed by atoms with Crippen molar-refractivity contribution in [3.63, 3.8) is 0 Å². The number of halogens is 1. The van der Waals surface area contributed by atoms with E-state index < -0.39 is 5.82 Å². The largest absolute Gasteiger partial charge is 0.460 e. The standard InChI is InChI=1S/C11H9FO2/c1-6-5-8-3-4-9(12)10(7(2)13)11(8)14-6/h3-5H,1-2H3. The molecule has 0 bridgehead atoms. The van der Waals surface area contributed by atoms with Gasteiger partial charge in [0.05, 0.1) is 5.56 Å². The summed E-state index contributed by atoms with van der Waals surface area (Å²) in [7, 11) is 0. The lowest BCUT2D eigenvalue weighted by Gasteiger charge is -1.98. The van der Waals surface area contributed by atoms with E-state index in [9.17, 15) is 9.18 Å². The fourth-order valence-corrected chi connectivity index (χ4v) is 1.54. The molecule has 0 aliphatic rings. The number of fused-ring (bicyclic) bond motifs is 1. The molecule has 0 spiro atoms. The summed E-state index contributed by atoms with van der Waals surface area (Å²) in [6.07, 6.45) is 0. The SMILES string of the molecule is CC(=O)c1c(F)ccc2cc(C)oc12. The number of hydrogen-bond donors (Lipinski definition) is 0. The molecule has 0 fully saturated rings. The molecule has 0 radical (unpaired) electrons. The normalized spacial score (nSPS) is 10.8. The first-order valence-electron chi connectivity index (χ1n) is 4.29. The summed E-state index contributed by atoms with van der Waals surface area (Å²) in [5, 5.41) is 0.758. The third-order valence-electron chi connectivity index (χ3n) is 2.11. The van der Waals surface area contributed by atoms with E-state index in [2.05, 4.69) is 0 Å². The molecule has 2 aromatic rings. The second-order valence-corrected chi connectivity index (χ2v) is 3.25. The average Bonchev–Trinajstić information content (AvgIpc) is 2.43. The lowest BCUT2D eigenvalue weighted by molar-refractivity contribution is 0.101. The Labute approximate surface area is 80.3 Å². The molecule has 0 saturated heterocycles. The highest BCUT2D eigenvalue weighted by Gasteiger charge is 2.15. The highest BCUT2D eigenvalue weighted by Crippen LogP contribution is 2.25. The van der Waals surface area contributed by atoms with Gasteiger partial charge in [-0.25, -0.2) is 4.39 Å². The van der Waals surface area contributed by atoms with Crippen molar-refractivity contribution < 1.29 is 13.6 Å². The minimum absolute atomic E-state index is 0.0376. The number of furan rings is 1. The number of Topliss-reactive ketones (excluding diaryl/α,β-unsaturated/α-hetero) is 1. The molecule has 0 atom stereocenters. The number of benzene rings is 1. The average molecular weight is 192 g/mol. The minimum Gasteiger partial charge on any atom is -0.460 e. The number of ketones is 1. The minimum atomic E-state index is -0.528. The first-order valence-corrected chi connectivity index (χ1v) is 4.29. The van der Waals surface area contributed by atoms with Crippen molar-refractivity contribution in [3.8, 4) is 0 Å². The zero-order valence-corrected chi connectivity index (χ0v) is 7.93. The number of carbonyl (C=O) groups is 1. The lowest BCUT2D eigenvalue weighted by atomic mass is 10.1. The highest BCUT2D eigenvalue weighted by molar-refractivity contribution is 6.05. The first kappa shape index (κ1) is 8.94. The van der Waals surface area contributed by atoms with E-state index in [-0.39, 0.29) is 11.3 Å². The zero-order chi connectivity index (χ0) is 10.3. The van der Waals surface area contributed by atoms with Crippen LogP contribution in [0.1, 0.15) is 23.0 Å². The molecule has 1 aromatic heterocycles. The van der Waals surface area contributed by atoms with Gasteiger partial charge in [0, 0.05) is 5.39 Å². The van der Waals surface area contributed by atoms with Gasteiger partial charge in [-0.15, -0.1) is 0 Å². The third kappa shape index (κ3) is 1.21. The summed E-state index contributed by atoms with van der Waals surface area (Å²) in [4.78, 5) is 11.2. The monoisotopic (exact) mass is 192 g/mol. The van der Waals surface area contributed by atoms with Crippen LogP contribution in [-0.4, -0.2) is 5.78 Å². The van der Waals surface area contributed by atoms with Crippen LogP contribution in [-0.2, 0) is 0 Å². The molecule has 1 heterocycles. The molecule has 1 aromatic carbocycles. The van der Waals surface area contributed by atoms with Crippen LogP contribution in [0.25, 0.3) is 11.0 Å². The summed E-state index contributed by atoms with van der Waals surface area (Å²) < 4.78 is 18.6. The van der Waals surface area contributed by atoms with Gasteiger partial charge in [-0.3, -0.25) is 4.79 Å². The van der Waals surface area contributed by atoms with Crippen molar-refractivity contribution in [1.82, 2.24) is 0 Å². The van der Waals surface area contributed by atoms with Crippen molar-refractivity contribution in [2.24, 2.45) is 0 Å². The van der Waals surface area contributed by atoms with Crippen LogP contribution in [0.4, 0.5) is 4.39 Å². The molecular formula is C11H9FO2. The topological polar surface area (TPSA) is 30.2 Å². The van der Waals surface area contributed by atoms with Crippen LogP contribution in [0.3, 0.4) is 0 Å². The fraction of sp³-hybridized carbons (Fsp3) is 0.182. The van der Waals surface area contributed by atoms with Crippen LogP contribution in [0, 0.1) is 12.7 Å². The molecule has 0 amide bonds. The van der Waals surface area contributed by atoms with Gasteiger partial charge >= 0.3 is 0 Å². The molecule has 3 heteroatoms. The summed E-state index contributed by atoms with van der Waals surface area (Å²) in [5.41, 5.74) is 0.380. The Bertz CT molecular complexity index is 511. The predicted molar refractivity (Wildman–Crippen MR) is 50.9 cm³/mol. The van der Waals surface area contributed by atoms with Gasteiger partial charge < -0.3 is 4.42 Å². The van der Waals surface area contributed by atoms with Crippen LogP contribution in [0.15, 0.2) is 22.6 Å². The Hall–Kier alpha value is -1.64. The molecular weight excluding hydrogens is 183 g/mol. The van der Waals surface area contributed by atoms with Gasteiger partial charge in [-0.05, 0) is 32.0 Å². The van der Waals surface area contributed by atoms with Gasteiger partial charge in [0.2, 0.25) is 0 Å². The second-order valence-electron chi connectivity index (χ2n) is 3.25. The van der Waals surface area contributed by atoms with Gasteiger partial charge in [0.25, 0.3) is 0 Å². The molecule has 0 saturated carbocycles. The molecule has 0 unspecified atom stereocenters. The Kier molecular flexibility index (Phi) is 1.88. The first-order chi connectivity index (χ1) is 6.59. The quantitative estimate of drug-likeness (QED) is 0.650. The van der Waals surface area contributed by atoms with E-state index in [4.69, 9.17) is 4.42 Å². The van der Waals surface area contributed by atoms with Crippen molar-refractivity contribution >= 4 is 16.8 Å². The highest BCUT2D eigenvalue weighted by atomic mass is 19.1. The van der Waals surface area contributed by atoms with E-state index in [0.717, 1.165) is 5.39 Å². The Morgan fingerprint density at radius 1 is 1.43 bits per heavy atom. The zero-order valence-electron chi connectivity index (χ0n) is 7.93. The maximum atomic E-state index is 13.3. The molecule has 72 valence electrons. The molecule has 2 rings (SSSR count). The smallest absolute Gasteiger partial charge is 0.166 e. The van der Waals surface area contributed by atoms with Gasteiger partial charge in [0.15, 0.2) is 5.78 Å². The van der Waals surface area contributed by atoms with Crippen molar-refractivity contribution in [2.45, 2.75) is 13.8 Å². The maximum Gasteiger partial charge on any atom is 0.166 e. The van der Waals surface area contributed by atoms with E-state index in [1.807, 2.05) is 0 Å². The van der Waals surface area contributed by atoms with E-state index in [1.54, 1.807) is 19.1 Å². The van der Waals surface area contributed by atoms with Gasteiger partial charge in [-0.1, -0.05) is 0 Å². The molecule has 0 aliphatic heterocycles.